The van der Waals surface area contributed by atoms with E-state index in [4.69, 9.17) is 16.3 Å². The molecule has 1 unspecified atom stereocenters. The third kappa shape index (κ3) is 2.97. The maximum absolute atomic E-state index is 5.70. The number of anilines is 1. The molecule has 3 nitrogen and oxygen atoms in total. The zero-order valence-electron chi connectivity index (χ0n) is 6.79. The standard InChI is InChI=1S/C7H11ClN2OS/c1-11-5-6(4-8)10-7-9-2-3-12-7/h2-3,6H,4-5H2,1H3,(H,9,10). The number of nitrogens with zero attached hydrogens (tertiary/aromatic N) is 1. The molecule has 0 aliphatic heterocycles. The van der Waals surface area contributed by atoms with Crippen molar-refractivity contribution in [1.82, 2.24) is 4.98 Å². The zero-order valence-corrected chi connectivity index (χ0v) is 8.36. The normalized spacial score (nSPS) is 12.8. The number of thiazole rings is 1. The molecule has 0 amide bonds. The molecule has 0 bridgehead atoms. The van der Waals surface area contributed by atoms with Crippen molar-refractivity contribution in [2.45, 2.75) is 6.04 Å². The van der Waals surface area contributed by atoms with Crippen LogP contribution in [0.15, 0.2) is 11.6 Å². The first-order chi connectivity index (χ1) is 5.86. The van der Waals surface area contributed by atoms with Crippen molar-refractivity contribution in [3.63, 3.8) is 0 Å². The number of nitrogens with one attached hydrogen (secondary N) is 1. The highest BCUT2D eigenvalue weighted by atomic mass is 35.5. The van der Waals surface area contributed by atoms with Crippen LogP contribution in [0.4, 0.5) is 5.13 Å². The number of aromatic nitrogens is 1. The summed E-state index contributed by atoms with van der Waals surface area (Å²) < 4.78 is 4.97. The number of rotatable bonds is 5. The second-order valence-corrected chi connectivity index (χ2v) is 3.49. The second-order valence-electron chi connectivity index (χ2n) is 2.29. The van der Waals surface area contributed by atoms with Crippen LogP contribution in [0.25, 0.3) is 0 Å². The van der Waals surface area contributed by atoms with Gasteiger partial charge in [-0.25, -0.2) is 4.98 Å². The van der Waals surface area contributed by atoms with Gasteiger partial charge < -0.3 is 10.1 Å². The van der Waals surface area contributed by atoms with Gasteiger partial charge in [0.1, 0.15) is 0 Å². The molecule has 0 aliphatic rings. The van der Waals surface area contributed by atoms with Gasteiger partial charge in [0.2, 0.25) is 0 Å². The van der Waals surface area contributed by atoms with E-state index in [1.807, 2.05) is 5.38 Å². The van der Waals surface area contributed by atoms with Gasteiger partial charge in [0, 0.05) is 24.6 Å². The Labute approximate surface area is 80.7 Å². The van der Waals surface area contributed by atoms with Crippen LogP contribution in [-0.2, 0) is 4.74 Å². The maximum atomic E-state index is 5.70. The van der Waals surface area contributed by atoms with E-state index in [2.05, 4.69) is 10.3 Å². The van der Waals surface area contributed by atoms with Crippen molar-refractivity contribution in [2.24, 2.45) is 0 Å². The first kappa shape index (κ1) is 9.77. The topological polar surface area (TPSA) is 34.1 Å². The lowest BCUT2D eigenvalue weighted by Crippen LogP contribution is -2.26. The first-order valence-corrected chi connectivity index (χ1v) is 4.99. The van der Waals surface area contributed by atoms with E-state index in [9.17, 15) is 0 Å². The Morgan fingerprint density at radius 2 is 2.67 bits per heavy atom. The van der Waals surface area contributed by atoms with E-state index in [0.29, 0.717) is 12.5 Å². The first-order valence-electron chi connectivity index (χ1n) is 3.57. The Morgan fingerprint density at radius 3 is 3.17 bits per heavy atom. The summed E-state index contributed by atoms with van der Waals surface area (Å²) in [6.45, 7) is 0.600. The number of alkyl halides is 1. The summed E-state index contributed by atoms with van der Waals surface area (Å²) in [5, 5.41) is 5.96. The van der Waals surface area contributed by atoms with Crippen molar-refractivity contribution in [3.05, 3.63) is 11.6 Å². The Bertz CT molecular complexity index is 205. The largest absolute Gasteiger partial charge is 0.383 e. The Kier molecular flexibility index (Phi) is 4.35. The molecule has 0 aliphatic carbocycles. The van der Waals surface area contributed by atoms with Gasteiger partial charge in [0.15, 0.2) is 5.13 Å². The molecule has 1 aromatic rings. The van der Waals surface area contributed by atoms with Gasteiger partial charge in [-0.05, 0) is 0 Å². The fourth-order valence-corrected chi connectivity index (χ4v) is 1.57. The third-order valence-corrected chi connectivity index (χ3v) is 2.39. The quantitative estimate of drug-likeness (QED) is 0.747. The molecule has 0 spiro atoms. The van der Waals surface area contributed by atoms with Crippen molar-refractivity contribution < 1.29 is 4.74 Å². The van der Waals surface area contributed by atoms with Gasteiger partial charge in [0.25, 0.3) is 0 Å². The molecule has 0 radical (unpaired) electrons. The van der Waals surface area contributed by atoms with Crippen molar-refractivity contribution in [3.8, 4) is 0 Å². The van der Waals surface area contributed by atoms with Crippen LogP contribution in [0.3, 0.4) is 0 Å². The van der Waals surface area contributed by atoms with Crippen molar-refractivity contribution in [2.75, 3.05) is 24.9 Å². The Hall–Kier alpha value is -0.320. The van der Waals surface area contributed by atoms with Crippen LogP contribution in [0.1, 0.15) is 0 Å². The molecule has 1 aromatic heterocycles. The fraction of sp³-hybridized carbons (Fsp3) is 0.571. The number of methoxy groups -OCH3 is 1. The average Bonchev–Trinajstić information content (AvgIpc) is 2.56. The molecule has 12 heavy (non-hydrogen) atoms. The summed E-state index contributed by atoms with van der Waals surface area (Å²) in [5.74, 6) is 0.521. The number of halogens is 1. The van der Waals surface area contributed by atoms with Crippen molar-refractivity contribution in [1.29, 1.82) is 0 Å². The van der Waals surface area contributed by atoms with E-state index in [1.165, 1.54) is 0 Å². The third-order valence-electron chi connectivity index (χ3n) is 1.31. The van der Waals surface area contributed by atoms with E-state index in [0.717, 1.165) is 5.13 Å². The highest BCUT2D eigenvalue weighted by molar-refractivity contribution is 7.13. The molecule has 5 heteroatoms. The minimum atomic E-state index is 0.141. The molecular formula is C7H11ClN2OS. The lowest BCUT2D eigenvalue weighted by atomic mass is 10.4. The number of hydrogen-bond donors (Lipinski definition) is 1. The van der Waals surface area contributed by atoms with Crippen LogP contribution in [0.5, 0.6) is 0 Å². The average molecular weight is 207 g/mol. The lowest BCUT2D eigenvalue weighted by Gasteiger charge is -2.13. The summed E-state index contributed by atoms with van der Waals surface area (Å²) >= 11 is 7.25. The van der Waals surface area contributed by atoms with Crippen LogP contribution < -0.4 is 5.32 Å². The highest BCUT2D eigenvalue weighted by Crippen LogP contribution is 2.12. The second kappa shape index (κ2) is 5.35. The highest BCUT2D eigenvalue weighted by Gasteiger charge is 2.06. The van der Waals surface area contributed by atoms with Crippen LogP contribution >= 0.6 is 22.9 Å². The van der Waals surface area contributed by atoms with Crippen LogP contribution in [0, 0.1) is 0 Å². The van der Waals surface area contributed by atoms with Crippen LogP contribution in [0.2, 0.25) is 0 Å². The van der Waals surface area contributed by atoms with E-state index in [1.54, 1.807) is 24.6 Å². The predicted molar refractivity (Wildman–Crippen MR) is 52.1 cm³/mol. The summed E-state index contributed by atoms with van der Waals surface area (Å²) in [7, 11) is 1.66. The maximum Gasteiger partial charge on any atom is 0.182 e. The van der Waals surface area contributed by atoms with Crippen LogP contribution in [-0.4, -0.2) is 30.6 Å². The van der Waals surface area contributed by atoms with Gasteiger partial charge in [-0.3, -0.25) is 0 Å². The monoisotopic (exact) mass is 206 g/mol. The molecule has 0 saturated carbocycles. The molecule has 0 fully saturated rings. The summed E-state index contributed by atoms with van der Waals surface area (Å²) in [5.41, 5.74) is 0. The summed E-state index contributed by atoms with van der Waals surface area (Å²) in [4.78, 5) is 4.08. The molecule has 1 rings (SSSR count). The summed E-state index contributed by atoms with van der Waals surface area (Å²) in [6, 6.07) is 0.141. The number of hydrogen-bond acceptors (Lipinski definition) is 4. The molecule has 1 N–H and O–H groups in total. The Morgan fingerprint density at radius 1 is 1.83 bits per heavy atom. The molecular weight excluding hydrogens is 196 g/mol. The molecule has 68 valence electrons. The van der Waals surface area contributed by atoms with Gasteiger partial charge in [-0.15, -0.1) is 22.9 Å². The van der Waals surface area contributed by atoms with Gasteiger partial charge in [0.05, 0.1) is 12.6 Å². The predicted octanol–water partition coefficient (Wildman–Crippen LogP) is 1.81. The summed E-state index contributed by atoms with van der Waals surface area (Å²) in [6.07, 6.45) is 1.76. The SMILES string of the molecule is COCC(CCl)Nc1nccs1. The fourth-order valence-electron chi connectivity index (χ4n) is 0.795. The molecule has 1 heterocycles. The lowest BCUT2D eigenvalue weighted by molar-refractivity contribution is 0.191. The molecule has 0 aromatic carbocycles. The van der Waals surface area contributed by atoms with E-state index < -0.39 is 0 Å². The van der Waals surface area contributed by atoms with E-state index >= 15 is 0 Å². The van der Waals surface area contributed by atoms with Gasteiger partial charge in [-0.1, -0.05) is 0 Å². The molecule has 0 saturated heterocycles. The van der Waals surface area contributed by atoms with E-state index in [-0.39, 0.29) is 6.04 Å². The van der Waals surface area contributed by atoms with Crippen molar-refractivity contribution >= 4 is 28.1 Å². The number of ether oxygens (including phenoxy) is 1. The van der Waals surface area contributed by atoms with Gasteiger partial charge >= 0.3 is 0 Å². The minimum absolute atomic E-state index is 0.141. The molecule has 1 atom stereocenters. The van der Waals surface area contributed by atoms with Gasteiger partial charge in [-0.2, -0.15) is 0 Å². The Balaban J connectivity index is 2.37. The zero-order chi connectivity index (χ0) is 8.81. The minimum Gasteiger partial charge on any atom is -0.383 e. The smallest absolute Gasteiger partial charge is 0.182 e.